The van der Waals surface area contributed by atoms with E-state index in [0.29, 0.717) is 26.1 Å². The first-order chi connectivity index (χ1) is 16.4. The van der Waals surface area contributed by atoms with Crippen LogP contribution in [0.15, 0.2) is 59.8 Å². The van der Waals surface area contributed by atoms with Crippen LogP contribution in [0, 0.1) is 12.8 Å². The van der Waals surface area contributed by atoms with Gasteiger partial charge >= 0.3 is 0 Å². The molecule has 0 bridgehead atoms. The summed E-state index contributed by atoms with van der Waals surface area (Å²) in [4.78, 5) is 26.3. The molecule has 0 spiro atoms. The molecule has 1 atom stereocenters. The molecule has 1 aromatic carbocycles. The number of piperazine rings is 1. The maximum Gasteiger partial charge on any atom is 0.243 e. The summed E-state index contributed by atoms with van der Waals surface area (Å²) in [6.45, 7) is 5.42. The molecule has 0 radical (unpaired) electrons. The molecule has 1 unspecified atom stereocenters. The Kier molecular flexibility index (Phi) is 6.22. The number of amides is 1. The maximum absolute atomic E-state index is 13.3. The van der Waals surface area contributed by atoms with Crippen LogP contribution in [0.25, 0.3) is 10.9 Å². The third kappa shape index (κ3) is 4.37. The van der Waals surface area contributed by atoms with Crippen molar-refractivity contribution in [3.05, 3.63) is 60.6 Å². The number of fused-ring (bicyclic) bond motifs is 1. The molecule has 9 heteroatoms. The lowest BCUT2D eigenvalue weighted by Crippen LogP contribution is -2.53. The molecule has 34 heavy (non-hydrogen) atoms. The van der Waals surface area contributed by atoms with Crippen molar-refractivity contribution >= 4 is 32.5 Å². The van der Waals surface area contributed by atoms with E-state index in [0.717, 1.165) is 41.8 Å². The Balaban J connectivity index is 1.26. The number of aromatic nitrogens is 2. The van der Waals surface area contributed by atoms with Gasteiger partial charge < -0.3 is 9.80 Å². The number of nitrogens with zero attached hydrogens (tertiary/aromatic N) is 5. The van der Waals surface area contributed by atoms with Crippen LogP contribution in [0.3, 0.4) is 0 Å². The normalized spacial score (nSPS) is 20.0. The smallest absolute Gasteiger partial charge is 0.243 e. The molecule has 0 saturated carbocycles. The Hall–Kier alpha value is -3.04. The Morgan fingerprint density at radius 1 is 1.00 bits per heavy atom. The Labute approximate surface area is 200 Å². The molecule has 4 heterocycles. The Bertz CT molecular complexity index is 1290. The fourth-order valence-corrected chi connectivity index (χ4v) is 6.50. The molecule has 178 valence electrons. The quantitative estimate of drug-likeness (QED) is 0.572. The summed E-state index contributed by atoms with van der Waals surface area (Å²) in [5, 5.41) is 1.12. The van der Waals surface area contributed by atoms with Gasteiger partial charge in [-0.25, -0.2) is 8.42 Å². The predicted molar refractivity (Wildman–Crippen MR) is 131 cm³/mol. The lowest BCUT2D eigenvalue weighted by molar-refractivity contribution is -0.137. The molecule has 2 aliphatic heterocycles. The van der Waals surface area contributed by atoms with Crippen molar-refractivity contribution in [2.75, 3.05) is 44.2 Å². The molecule has 8 nitrogen and oxygen atoms in total. The van der Waals surface area contributed by atoms with E-state index in [1.54, 1.807) is 0 Å². The van der Waals surface area contributed by atoms with E-state index in [1.807, 2.05) is 30.0 Å². The lowest BCUT2D eigenvalue weighted by atomic mass is 9.97. The van der Waals surface area contributed by atoms with E-state index in [4.69, 9.17) is 0 Å². The van der Waals surface area contributed by atoms with Crippen LogP contribution < -0.4 is 4.90 Å². The van der Waals surface area contributed by atoms with Crippen LogP contribution in [-0.2, 0) is 14.8 Å². The van der Waals surface area contributed by atoms with Crippen LogP contribution in [-0.4, -0.2) is 72.8 Å². The van der Waals surface area contributed by atoms with Crippen LogP contribution >= 0.6 is 0 Å². The number of hydrogen-bond donors (Lipinski definition) is 0. The summed E-state index contributed by atoms with van der Waals surface area (Å²) in [5.41, 5.74) is 3.11. The number of pyridine rings is 2. The average Bonchev–Trinajstić information content (AvgIpc) is 2.88. The van der Waals surface area contributed by atoms with Gasteiger partial charge in [-0.2, -0.15) is 4.31 Å². The van der Waals surface area contributed by atoms with Crippen LogP contribution in [0.1, 0.15) is 18.5 Å². The fraction of sp³-hybridized carbons (Fsp3) is 0.400. The number of sulfonamides is 1. The molecule has 2 fully saturated rings. The molecular formula is C25H29N5O3S. The van der Waals surface area contributed by atoms with Gasteiger partial charge in [-0.1, -0.05) is 18.2 Å². The largest absolute Gasteiger partial charge is 0.367 e. The zero-order valence-electron chi connectivity index (χ0n) is 19.3. The number of aryl methyl sites for hydroxylation is 1. The number of benzene rings is 1. The van der Waals surface area contributed by atoms with Crippen molar-refractivity contribution in [2.24, 2.45) is 5.92 Å². The van der Waals surface area contributed by atoms with Gasteiger partial charge in [-0.05, 0) is 44.0 Å². The van der Waals surface area contributed by atoms with Crippen molar-refractivity contribution in [2.45, 2.75) is 24.7 Å². The van der Waals surface area contributed by atoms with Gasteiger partial charge in [-0.3, -0.25) is 14.8 Å². The third-order valence-electron chi connectivity index (χ3n) is 6.78. The van der Waals surface area contributed by atoms with Crippen LogP contribution in [0.4, 0.5) is 5.69 Å². The SMILES string of the molecule is Cc1cc(N2CCN(C(=O)C3CCCN(S(=O)(=O)c4ccncc4)C3)CC2)c2ccccc2n1. The summed E-state index contributed by atoms with van der Waals surface area (Å²) in [7, 11) is -3.62. The highest BCUT2D eigenvalue weighted by Gasteiger charge is 2.36. The van der Waals surface area contributed by atoms with Crippen molar-refractivity contribution in [3.63, 3.8) is 0 Å². The van der Waals surface area contributed by atoms with E-state index in [1.165, 1.54) is 28.8 Å². The van der Waals surface area contributed by atoms with Gasteiger partial charge in [0.2, 0.25) is 15.9 Å². The first-order valence-electron chi connectivity index (χ1n) is 11.7. The number of carbonyl (C=O) groups excluding carboxylic acids is 1. The second-order valence-electron chi connectivity index (χ2n) is 9.00. The van der Waals surface area contributed by atoms with Crippen molar-refractivity contribution in [3.8, 4) is 0 Å². The topological polar surface area (TPSA) is 86.7 Å². The first kappa shape index (κ1) is 22.7. The number of para-hydroxylation sites is 1. The molecule has 2 aromatic heterocycles. The molecule has 5 rings (SSSR count). The maximum atomic E-state index is 13.3. The highest BCUT2D eigenvalue weighted by Crippen LogP contribution is 2.29. The highest BCUT2D eigenvalue weighted by molar-refractivity contribution is 7.89. The first-order valence-corrected chi connectivity index (χ1v) is 13.2. The van der Waals surface area contributed by atoms with E-state index in [9.17, 15) is 13.2 Å². The van der Waals surface area contributed by atoms with Crippen molar-refractivity contribution in [1.82, 2.24) is 19.2 Å². The van der Waals surface area contributed by atoms with Gasteiger partial charge in [-0.15, -0.1) is 0 Å². The second kappa shape index (κ2) is 9.31. The number of rotatable bonds is 4. The summed E-state index contributed by atoms with van der Waals surface area (Å²) in [6.07, 6.45) is 4.36. The number of piperidine rings is 1. The van der Waals surface area contributed by atoms with E-state index < -0.39 is 10.0 Å². The number of hydrogen-bond acceptors (Lipinski definition) is 6. The molecular weight excluding hydrogens is 450 g/mol. The standard InChI is InChI=1S/C25H29N5O3S/c1-19-17-24(22-6-2-3-7-23(22)27-19)28-13-15-29(16-14-28)25(31)20-5-4-12-30(18-20)34(32,33)21-8-10-26-11-9-21/h2-3,6-11,17,20H,4-5,12-16,18H2,1H3. The third-order valence-corrected chi connectivity index (χ3v) is 8.65. The molecule has 3 aromatic rings. The average molecular weight is 480 g/mol. The van der Waals surface area contributed by atoms with Crippen LogP contribution in [0.5, 0.6) is 0 Å². The van der Waals surface area contributed by atoms with Crippen LogP contribution in [0.2, 0.25) is 0 Å². The van der Waals surface area contributed by atoms with Gasteiger partial charge in [0.05, 0.1) is 16.3 Å². The molecule has 1 amide bonds. The van der Waals surface area contributed by atoms with Crippen molar-refractivity contribution in [1.29, 1.82) is 0 Å². The monoisotopic (exact) mass is 479 g/mol. The zero-order chi connectivity index (χ0) is 23.7. The lowest BCUT2D eigenvalue weighted by Gasteiger charge is -2.39. The van der Waals surface area contributed by atoms with Gasteiger partial charge in [0.1, 0.15) is 0 Å². The van der Waals surface area contributed by atoms with E-state index in [2.05, 4.69) is 27.0 Å². The molecule has 0 N–H and O–H groups in total. The summed E-state index contributed by atoms with van der Waals surface area (Å²) < 4.78 is 27.5. The van der Waals surface area contributed by atoms with E-state index in [-0.39, 0.29) is 23.3 Å². The zero-order valence-corrected chi connectivity index (χ0v) is 20.1. The molecule has 2 saturated heterocycles. The van der Waals surface area contributed by atoms with Gasteiger partial charge in [0.15, 0.2) is 0 Å². The Morgan fingerprint density at radius 3 is 2.50 bits per heavy atom. The van der Waals surface area contributed by atoms with Crippen molar-refractivity contribution < 1.29 is 13.2 Å². The minimum Gasteiger partial charge on any atom is -0.367 e. The molecule has 2 aliphatic rings. The summed E-state index contributed by atoms with van der Waals surface area (Å²) in [5.74, 6) is -0.244. The minimum absolute atomic E-state index is 0.0602. The van der Waals surface area contributed by atoms with Gasteiger partial charge in [0, 0.05) is 68.4 Å². The minimum atomic E-state index is -3.62. The van der Waals surface area contributed by atoms with E-state index >= 15 is 0 Å². The number of anilines is 1. The Morgan fingerprint density at radius 2 is 1.74 bits per heavy atom. The second-order valence-corrected chi connectivity index (χ2v) is 10.9. The fourth-order valence-electron chi connectivity index (χ4n) is 4.99. The predicted octanol–water partition coefficient (Wildman–Crippen LogP) is 2.69. The summed E-state index contributed by atoms with van der Waals surface area (Å²) in [6, 6.07) is 13.3. The summed E-state index contributed by atoms with van der Waals surface area (Å²) >= 11 is 0. The van der Waals surface area contributed by atoms with Gasteiger partial charge in [0.25, 0.3) is 0 Å². The molecule has 0 aliphatic carbocycles. The number of carbonyl (C=O) groups is 1. The highest BCUT2D eigenvalue weighted by atomic mass is 32.2.